The fraction of sp³-hybridized carbons (Fsp3) is 0.300. The van der Waals surface area contributed by atoms with Gasteiger partial charge in [0.2, 0.25) is 5.91 Å². The maximum atomic E-state index is 13.0. The van der Waals surface area contributed by atoms with Gasteiger partial charge in [0.1, 0.15) is 11.9 Å². The molecule has 0 bridgehead atoms. The summed E-state index contributed by atoms with van der Waals surface area (Å²) in [5.41, 5.74) is 4.92. The number of amides is 1. The number of benzene rings is 2. The van der Waals surface area contributed by atoms with Crippen LogP contribution in [-0.4, -0.2) is 15.5 Å². The van der Waals surface area contributed by atoms with Crippen LogP contribution >= 0.6 is 0 Å². The third-order valence-corrected chi connectivity index (χ3v) is 4.80. The lowest BCUT2D eigenvalue weighted by atomic mass is 10.1. The van der Waals surface area contributed by atoms with Crippen LogP contribution in [0, 0.1) is 6.92 Å². The van der Waals surface area contributed by atoms with E-state index in [2.05, 4.69) is 22.9 Å². The third kappa shape index (κ3) is 2.21. The number of hydrogen-bond donors (Lipinski definition) is 1. The molecule has 1 amide bonds. The van der Waals surface area contributed by atoms with Crippen molar-refractivity contribution >= 4 is 22.6 Å². The molecule has 1 N–H and O–H groups in total. The number of hydrogen-bond acceptors (Lipinski definition) is 2. The number of aryl methyl sites for hydroxylation is 1. The highest BCUT2D eigenvalue weighted by molar-refractivity contribution is 6.02. The summed E-state index contributed by atoms with van der Waals surface area (Å²) < 4.78 is 2.13. The molecule has 122 valence electrons. The largest absolute Gasteiger partial charge is 0.323 e. The molecule has 0 saturated heterocycles. The summed E-state index contributed by atoms with van der Waals surface area (Å²) in [6.45, 7) is 4.18. The summed E-state index contributed by atoms with van der Waals surface area (Å²) in [6.07, 6.45) is 2.90. The Labute approximate surface area is 141 Å². The lowest BCUT2D eigenvalue weighted by Gasteiger charge is -2.18. The summed E-state index contributed by atoms with van der Waals surface area (Å²) in [4.78, 5) is 17.8. The lowest BCUT2D eigenvalue weighted by molar-refractivity contribution is -0.119. The molecule has 2 heterocycles. The van der Waals surface area contributed by atoms with Crippen LogP contribution in [0.15, 0.2) is 42.5 Å². The van der Waals surface area contributed by atoms with E-state index in [9.17, 15) is 4.79 Å². The first-order valence-corrected chi connectivity index (χ1v) is 8.58. The first-order valence-electron chi connectivity index (χ1n) is 8.58. The zero-order chi connectivity index (χ0) is 16.7. The van der Waals surface area contributed by atoms with Crippen molar-refractivity contribution in [2.24, 2.45) is 0 Å². The first-order chi connectivity index (χ1) is 11.7. The average Bonchev–Trinajstić information content (AvgIpc) is 2.91. The van der Waals surface area contributed by atoms with E-state index in [4.69, 9.17) is 4.98 Å². The minimum atomic E-state index is -0.223. The Hall–Kier alpha value is -2.62. The Morgan fingerprint density at radius 2 is 2.00 bits per heavy atom. The van der Waals surface area contributed by atoms with Gasteiger partial charge in [-0.3, -0.25) is 4.79 Å². The third-order valence-electron chi connectivity index (χ3n) is 4.80. The Balaban J connectivity index is 2.03. The number of anilines is 1. The molecule has 1 aromatic heterocycles. The molecule has 1 unspecified atom stereocenters. The van der Waals surface area contributed by atoms with Crippen molar-refractivity contribution in [3.8, 4) is 11.4 Å². The summed E-state index contributed by atoms with van der Waals surface area (Å²) in [6, 6.07) is 13.9. The molecular formula is C20H21N3O. The molecule has 0 fully saturated rings. The monoisotopic (exact) mass is 319 g/mol. The number of unbranched alkanes of at least 4 members (excludes halogenated alkanes) is 1. The van der Waals surface area contributed by atoms with Crippen molar-refractivity contribution in [1.29, 1.82) is 0 Å². The van der Waals surface area contributed by atoms with E-state index in [0.29, 0.717) is 0 Å². The summed E-state index contributed by atoms with van der Waals surface area (Å²) in [5, 5.41) is 3.15. The molecular weight excluding hydrogens is 298 g/mol. The van der Waals surface area contributed by atoms with Gasteiger partial charge in [0, 0.05) is 5.56 Å². The highest BCUT2D eigenvalue weighted by Gasteiger charge is 2.30. The van der Waals surface area contributed by atoms with E-state index in [0.717, 1.165) is 52.9 Å². The van der Waals surface area contributed by atoms with Gasteiger partial charge < -0.3 is 9.88 Å². The van der Waals surface area contributed by atoms with Crippen LogP contribution in [0.2, 0.25) is 0 Å². The van der Waals surface area contributed by atoms with Crippen molar-refractivity contribution in [2.75, 3.05) is 5.32 Å². The number of rotatable bonds is 3. The number of para-hydroxylation sites is 3. The average molecular weight is 319 g/mol. The fourth-order valence-electron chi connectivity index (χ4n) is 3.55. The molecule has 3 aromatic rings. The maximum absolute atomic E-state index is 13.0. The van der Waals surface area contributed by atoms with Crippen LogP contribution in [-0.2, 0) is 4.79 Å². The highest BCUT2D eigenvalue weighted by atomic mass is 16.2. The molecule has 4 heteroatoms. The Morgan fingerprint density at radius 3 is 2.83 bits per heavy atom. The number of carbonyl (C=O) groups is 1. The number of nitrogens with zero attached hydrogens (tertiary/aromatic N) is 2. The van der Waals surface area contributed by atoms with Gasteiger partial charge in [-0.2, -0.15) is 0 Å². The van der Waals surface area contributed by atoms with E-state index in [-0.39, 0.29) is 11.9 Å². The summed E-state index contributed by atoms with van der Waals surface area (Å²) >= 11 is 0. The lowest BCUT2D eigenvalue weighted by Crippen LogP contribution is -2.24. The molecule has 0 aliphatic carbocycles. The summed E-state index contributed by atoms with van der Waals surface area (Å²) in [7, 11) is 0. The molecule has 0 radical (unpaired) electrons. The van der Waals surface area contributed by atoms with E-state index < -0.39 is 0 Å². The smallest absolute Gasteiger partial charge is 0.247 e. The molecule has 4 nitrogen and oxygen atoms in total. The van der Waals surface area contributed by atoms with E-state index in [1.165, 1.54) is 0 Å². The van der Waals surface area contributed by atoms with Crippen molar-refractivity contribution < 1.29 is 4.79 Å². The molecule has 2 aromatic carbocycles. The van der Waals surface area contributed by atoms with E-state index in [1.807, 2.05) is 43.3 Å². The van der Waals surface area contributed by atoms with Crippen molar-refractivity contribution in [1.82, 2.24) is 9.55 Å². The fourth-order valence-corrected chi connectivity index (χ4v) is 3.55. The second kappa shape index (κ2) is 5.78. The van der Waals surface area contributed by atoms with Gasteiger partial charge in [-0.05, 0) is 37.1 Å². The molecule has 4 rings (SSSR count). The number of imidazole rings is 1. The van der Waals surface area contributed by atoms with Gasteiger partial charge in [-0.25, -0.2) is 4.98 Å². The van der Waals surface area contributed by atoms with Gasteiger partial charge in [0.25, 0.3) is 0 Å². The maximum Gasteiger partial charge on any atom is 0.247 e. The van der Waals surface area contributed by atoms with Crippen LogP contribution in [0.3, 0.4) is 0 Å². The van der Waals surface area contributed by atoms with Gasteiger partial charge in [-0.1, -0.05) is 44.0 Å². The summed E-state index contributed by atoms with van der Waals surface area (Å²) in [5.74, 6) is 0.940. The number of carbonyl (C=O) groups excluding carboxylic acids is 1. The van der Waals surface area contributed by atoms with Crippen molar-refractivity contribution in [3.05, 3.63) is 48.0 Å². The standard InChI is InChI=1S/C20H21N3O/c1-3-4-11-17-20(24)22-18-13(2)8-7-9-14(18)19-21-15-10-5-6-12-16(15)23(17)19/h5-10,12,17H,3-4,11H2,1-2H3,(H,22,24). The zero-order valence-corrected chi connectivity index (χ0v) is 14.0. The number of aromatic nitrogens is 2. The normalized spacial score (nSPS) is 16.4. The van der Waals surface area contributed by atoms with Crippen molar-refractivity contribution in [3.63, 3.8) is 0 Å². The van der Waals surface area contributed by atoms with Gasteiger partial charge >= 0.3 is 0 Å². The molecule has 24 heavy (non-hydrogen) atoms. The van der Waals surface area contributed by atoms with E-state index >= 15 is 0 Å². The van der Waals surface area contributed by atoms with Crippen LogP contribution in [0.25, 0.3) is 22.4 Å². The molecule has 1 aliphatic heterocycles. The van der Waals surface area contributed by atoms with Gasteiger partial charge in [0.15, 0.2) is 0 Å². The topological polar surface area (TPSA) is 46.9 Å². The predicted octanol–water partition coefficient (Wildman–Crippen LogP) is 4.70. The second-order valence-electron chi connectivity index (χ2n) is 6.44. The Morgan fingerprint density at radius 1 is 1.17 bits per heavy atom. The van der Waals surface area contributed by atoms with Crippen LogP contribution in [0.1, 0.15) is 37.8 Å². The Kier molecular flexibility index (Phi) is 3.60. The minimum absolute atomic E-state index is 0.0564. The predicted molar refractivity (Wildman–Crippen MR) is 97.1 cm³/mol. The second-order valence-corrected chi connectivity index (χ2v) is 6.44. The van der Waals surface area contributed by atoms with Gasteiger partial charge in [0.05, 0.1) is 16.7 Å². The Bertz CT molecular complexity index is 926. The first kappa shape index (κ1) is 14.9. The van der Waals surface area contributed by atoms with Crippen LogP contribution in [0.4, 0.5) is 5.69 Å². The highest BCUT2D eigenvalue weighted by Crippen LogP contribution is 2.39. The van der Waals surface area contributed by atoms with Crippen LogP contribution < -0.4 is 5.32 Å². The number of nitrogens with one attached hydrogen (secondary N) is 1. The molecule has 1 aliphatic rings. The van der Waals surface area contributed by atoms with E-state index in [1.54, 1.807) is 0 Å². The quantitative estimate of drug-likeness (QED) is 0.761. The molecule has 0 spiro atoms. The molecule has 0 saturated carbocycles. The minimum Gasteiger partial charge on any atom is -0.323 e. The SMILES string of the molecule is CCCCC1C(=O)Nc2c(C)cccc2-c2nc3ccccc3n21. The van der Waals surface area contributed by atoms with Gasteiger partial charge in [-0.15, -0.1) is 0 Å². The number of fused-ring (bicyclic) bond motifs is 5. The van der Waals surface area contributed by atoms with Crippen molar-refractivity contribution in [2.45, 2.75) is 39.2 Å². The molecule has 1 atom stereocenters. The zero-order valence-electron chi connectivity index (χ0n) is 14.0. The van der Waals surface area contributed by atoms with Crippen LogP contribution in [0.5, 0.6) is 0 Å².